The number of benzene rings is 1. The van der Waals surface area contributed by atoms with Crippen molar-refractivity contribution in [1.29, 1.82) is 0 Å². The summed E-state index contributed by atoms with van der Waals surface area (Å²) in [5.74, 6) is 0.859. The fraction of sp³-hybridized carbons (Fsp3) is 0.348. The molecule has 0 unspecified atom stereocenters. The molecule has 0 aliphatic carbocycles. The second kappa shape index (κ2) is 8.41. The molecule has 5 rings (SSSR count). The number of pyridine rings is 1. The number of aromatic nitrogens is 4. The van der Waals surface area contributed by atoms with Gasteiger partial charge in [0.25, 0.3) is 17.8 Å². The molecule has 1 amide bonds. The van der Waals surface area contributed by atoms with Crippen molar-refractivity contribution in [2.75, 3.05) is 25.0 Å². The van der Waals surface area contributed by atoms with E-state index < -0.39 is 0 Å². The third-order valence-electron chi connectivity index (χ3n) is 5.77. The predicted octanol–water partition coefficient (Wildman–Crippen LogP) is 3.71. The Kier molecular flexibility index (Phi) is 5.30. The largest absolute Gasteiger partial charge is 0.422 e. The summed E-state index contributed by atoms with van der Waals surface area (Å²) in [6.07, 6.45) is 4.65. The van der Waals surface area contributed by atoms with Gasteiger partial charge in [0, 0.05) is 32.4 Å². The molecule has 164 valence electrons. The number of likely N-dealkylation sites (tertiary alicyclic amines) is 1. The van der Waals surface area contributed by atoms with E-state index in [1.807, 2.05) is 53.2 Å². The summed E-state index contributed by atoms with van der Waals surface area (Å²) < 4.78 is 11.2. The van der Waals surface area contributed by atoms with Crippen molar-refractivity contribution in [1.82, 2.24) is 25.0 Å². The number of anilines is 1. The Morgan fingerprint density at radius 1 is 1.19 bits per heavy atom. The standard InChI is InChI=1S/C23H24N6O3/c1-15-25-21(32-27-15)17-9-3-4-10-18(17)22(30)29-13-6-5-8-16(29)14-28(2)23-26-20-19(31-23)11-7-12-24-20/h3-4,7,9-12,16H,5-6,8,13-14H2,1-2H3/t16-/m1/s1. The molecular formula is C23H24N6O3. The zero-order chi connectivity index (χ0) is 22.1. The Bertz CT molecular complexity index is 1220. The van der Waals surface area contributed by atoms with Crippen LogP contribution in [0.15, 0.2) is 51.5 Å². The topological polar surface area (TPSA) is 101 Å². The molecule has 1 aromatic carbocycles. The number of rotatable bonds is 5. The van der Waals surface area contributed by atoms with E-state index >= 15 is 0 Å². The maximum absolute atomic E-state index is 13.6. The highest BCUT2D eigenvalue weighted by Gasteiger charge is 2.31. The van der Waals surface area contributed by atoms with Crippen LogP contribution >= 0.6 is 0 Å². The van der Waals surface area contributed by atoms with E-state index in [1.165, 1.54) is 0 Å². The molecule has 0 saturated carbocycles. The van der Waals surface area contributed by atoms with Crippen LogP contribution in [-0.2, 0) is 0 Å². The second-order valence-electron chi connectivity index (χ2n) is 8.04. The molecule has 4 heterocycles. The fourth-order valence-corrected chi connectivity index (χ4v) is 4.19. The number of nitrogens with zero attached hydrogens (tertiary/aromatic N) is 6. The van der Waals surface area contributed by atoms with Gasteiger partial charge in [-0.25, -0.2) is 4.98 Å². The van der Waals surface area contributed by atoms with Crippen molar-refractivity contribution < 1.29 is 13.7 Å². The first-order valence-corrected chi connectivity index (χ1v) is 10.7. The average Bonchev–Trinajstić information content (AvgIpc) is 3.45. The molecule has 1 fully saturated rings. The molecule has 32 heavy (non-hydrogen) atoms. The van der Waals surface area contributed by atoms with E-state index in [2.05, 4.69) is 20.1 Å². The Hall–Kier alpha value is -3.75. The number of piperidine rings is 1. The molecule has 4 aromatic rings. The highest BCUT2D eigenvalue weighted by Crippen LogP contribution is 2.28. The van der Waals surface area contributed by atoms with Crippen LogP contribution in [0.1, 0.15) is 35.4 Å². The van der Waals surface area contributed by atoms with Crippen LogP contribution in [0.4, 0.5) is 6.01 Å². The zero-order valence-electron chi connectivity index (χ0n) is 18.1. The van der Waals surface area contributed by atoms with Crippen LogP contribution in [0, 0.1) is 6.92 Å². The molecule has 0 radical (unpaired) electrons. The molecule has 0 N–H and O–H groups in total. The summed E-state index contributed by atoms with van der Waals surface area (Å²) in [6.45, 7) is 3.07. The van der Waals surface area contributed by atoms with Crippen LogP contribution in [0.3, 0.4) is 0 Å². The molecule has 0 spiro atoms. The molecule has 1 atom stereocenters. The SMILES string of the molecule is Cc1noc(-c2ccccc2C(=O)N2CCCC[C@@H]2CN(C)c2nc3ncccc3o2)n1. The molecule has 9 heteroatoms. The fourth-order valence-electron chi connectivity index (χ4n) is 4.19. The normalized spacial score (nSPS) is 16.4. The van der Waals surface area contributed by atoms with Gasteiger partial charge in [-0.1, -0.05) is 17.3 Å². The lowest BCUT2D eigenvalue weighted by atomic mass is 9.98. The first-order chi connectivity index (χ1) is 15.6. The Morgan fingerprint density at radius 2 is 2.06 bits per heavy atom. The molecule has 1 saturated heterocycles. The lowest BCUT2D eigenvalue weighted by Gasteiger charge is -2.37. The quantitative estimate of drug-likeness (QED) is 0.470. The minimum atomic E-state index is -0.0335. The summed E-state index contributed by atoms with van der Waals surface area (Å²) in [5, 5.41) is 3.87. The number of hydrogen-bond donors (Lipinski definition) is 0. The maximum atomic E-state index is 13.6. The average molecular weight is 432 g/mol. The number of amides is 1. The first kappa shape index (κ1) is 20.2. The third kappa shape index (κ3) is 3.81. The van der Waals surface area contributed by atoms with Gasteiger partial charge in [-0.05, 0) is 50.5 Å². The minimum Gasteiger partial charge on any atom is -0.422 e. The van der Waals surface area contributed by atoms with E-state index in [0.29, 0.717) is 53.2 Å². The summed E-state index contributed by atoms with van der Waals surface area (Å²) in [4.78, 5) is 30.6. The highest BCUT2D eigenvalue weighted by molar-refractivity contribution is 6.00. The van der Waals surface area contributed by atoms with Gasteiger partial charge >= 0.3 is 0 Å². The van der Waals surface area contributed by atoms with Gasteiger partial charge in [0.05, 0.1) is 11.1 Å². The van der Waals surface area contributed by atoms with E-state index in [-0.39, 0.29) is 11.9 Å². The molecule has 9 nitrogen and oxygen atoms in total. The maximum Gasteiger partial charge on any atom is 0.299 e. The number of carbonyl (C=O) groups excluding carboxylic acids is 1. The van der Waals surface area contributed by atoms with Crippen molar-refractivity contribution in [3.05, 3.63) is 54.0 Å². The van der Waals surface area contributed by atoms with Gasteiger partial charge in [0.1, 0.15) is 0 Å². The Labute approximate surface area is 185 Å². The number of aryl methyl sites for hydroxylation is 1. The van der Waals surface area contributed by atoms with Crippen LogP contribution in [0.25, 0.3) is 22.7 Å². The van der Waals surface area contributed by atoms with Crippen molar-refractivity contribution in [2.24, 2.45) is 0 Å². The summed E-state index contributed by atoms with van der Waals surface area (Å²) in [6, 6.07) is 11.6. The molecule has 3 aromatic heterocycles. The van der Waals surface area contributed by atoms with E-state index in [0.717, 1.165) is 19.3 Å². The van der Waals surface area contributed by atoms with Crippen molar-refractivity contribution in [3.63, 3.8) is 0 Å². The van der Waals surface area contributed by atoms with Crippen LogP contribution in [-0.4, -0.2) is 57.1 Å². The summed E-state index contributed by atoms with van der Waals surface area (Å²) in [5.41, 5.74) is 2.45. The number of fused-ring (bicyclic) bond motifs is 1. The zero-order valence-corrected chi connectivity index (χ0v) is 18.1. The van der Waals surface area contributed by atoms with Crippen LogP contribution < -0.4 is 4.90 Å². The van der Waals surface area contributed by atoms with Crippen molar-refractivity contribution >= 4 is 23.2 Å². The monoisotopic (exact) mass is 432 g/mol. The van der Waals surface area contributed by atoms with E-state index in [4.69, 9.17) is 8.94 Å². The number of carbonyl (C=O) groups is 1. The van der Waals surface area contributed by atoms with Gasteiger partial charge in [0.2, 0.25) is 5.65 Å². The van der Waals surface area contributed by atoms with Crippen LogP contribution in [0.2, 0.25) is 0 Å². The Morgan fingerprint density at radius 3 is 2.88 bits per heavy atom. The highest BCUT2D eigenvalue weighted by atomic mass is 16.5. The van der Waals surface area contributed by atoms with Crippen LogP contribution in [0.5, 0.6) is 0 Å². The van der Waals surface area contributed by atoms with Gasteiger partial charge in [-0.15, -0.1) is 0 Å². The predicted molar refractivity (Wildman–Crippen MR) is 118 cm³/mol. The van der Waals surface area contributed by atoms with Crippen molar-refractivity contribution in [2.45, 2.75) is 32.2 Å². The Balaban J connectivity index is 1.39. The molecule has 1 aliphatic heterocycles. The summed E-state index contributed by atoms with van der Waals surface area (Å²) in [7, 11) is 1.93. The van der Waals surface area contributed by atoms with Crippen molar-refractivity contribution in [3.8, 4) is 11.5 Å². The van der Waals surface area contributed by atoms with Gasteiger partial charge in [-0.2, -0.15) is 9.97 Å². The number of oxazole rings is 1. The van der Waals surface area contributed by atoms with Gasteiger partial charge in [0.15, 0.2) is 11.4 Å². The van der Waals surface area contributed by atoms with Gasteiger partial charge in [-0.3, -0.25) is 4.79 Å². The lowest BCUT2D eigenvalue weighted by molar-refractivity contribution is 0.0621. The first-order valence-electron chi connectivity index (χ1n) is 10.7. The van der Waals surface area contributed by atoms with Gasteiger partial charge < -0.3 is 18.7 Å². The molecule has 0 bridgehead atoms. The number of hydrogen-bond acceptors (Lipinski definition) is 8. The van der Waals surface area contributed by atoms with E-state index in [1.54, 1.807) is 13.1 Å². The third-order valence-corrected chi connectivity index (χ3v) is 5.77. The smallest absolute Gasteiger partial charge is 0.299 e. The molecule has 1 aliphatic rings. The summed E-state index contributed by atoms with van der Waals surface area (Å²) >= 11 is 0. The second-order valence-corrected chi connectivity index (χ2v) is 8.04. The molecular weight excluding hydrogens is 408 g/mol. The minimum absolute atomic E-state index is 0.0294. The number of likely N-dealkylation sites (N-methyl/N-ethyl adjacent to an activating group) is 1. The lowest BCUT2D eigenvalue weighted by Crippen LogP contribution is -2.49. The van der Waals surface area contributed by atoms with E-state index in [9.17, 15) is 4.79 Å².